The maximum Gasteiger partial charge on any atom is 0.174 e. The molecule has 0 bridgehead atoms. The minimum Gasteiger partial charge on any atom is -0.365 e. The summed E-state index contributed by atoms with van der Waals surface area (Å²) < 4.78 is 0. The highest BCUT2D eigenvalue weighted by atomic mass is 16.3. The molecule has 0 spiro atoms. The monoisotopic (exact) mass is 151 g/mol. The molecule has 0 amide bonds. The highest BCUT2D eigenvalue weighted by Gasteiger charge is 2.05. The molecule has 0 saturated carbocycles. The molecule has 3 N–H and O–H groups in total. The van der Waals surface area contributed by atoms with E-state index < -0.39 is 5.72 Å². The Balaban J connectivity index is 4.44. The fourth-order valence-corrected chi connectivity index (χ4v) is 0.473. The van der Waals surface area contributed by atoms with Crippen LogP contribution in [0.15, 0.2) is 17.4 Å². The van der Waals surface area contributed by atoms with Crippen LogP contribution < -0.4 is 5.73 Å². The van der Waals surface area contributed by atoms with Crippen molar-refractivity contribution < 1.29 is 5.11 Å². The molecule has 0 fully saturated rings. The van der Waals surface area contributed by atoms with Crippen molar-refractivity contribution in [3.63, 3.8) is 0 Å². The number of allylic oxidation sites excluding steroid dienone is 1. The number of hydrogen-bond donors (Lipinski definition) is 2. The van der Waals surface area contributed by atoms with Crippen LogP contribution in [-0.4, -0.2) is 10.8 Å². The molecule has 2 nitrogen and oxygen atoms in total. The third kappa shape index (κ3) is 6.89. The smallest absolute Gasteiger partial charge is 0.174 e. The van der Waals surface area contributed by atoms with E-state index in [1.165, 1.54) is 6.92 Å². The largest absolute Gasteiger partial charge is 0.365 e. The zero-order valence-electron chi connectivity index (χ0n) is 7.10. The van der Waals surface area contributed by atoms with Gasteiger partial charge in [0.2, 0.25) is 0 Å². The Bertz CT molecular complexity index is 241. The fraction of sp³-hybridized carbons (Fsp3) is 0.444. The van der Waals surface area contributed by atoms with Gasteiger partial charge < -0.3 is 5.11 Å². The summed E-state index contributed by atoms with van der Waals surface area (Å²) in [7, 11) is 0. The molecule has 60 valence electrons. The first-order valence-electron chi connectivity index (χ1n) is 3.38. The normalized spacial score (nSPS) is 13.5. The van der Waals surface area contributed by atoms with E-state index in [-0.39, 0.29) is 0 Å². The molecular formula is C9H13NO. The van der Waals surface area contributed by atoms with Crippen molar-refractivity contribution in [3.8, 4) is 11.8 Å². The Morgan fingerprint density at radius 3 is 2.55 bits per heavy atom. The lowest BCUT2D eigenvalue weighted by Gasteiger charge is -2.05. The predicted molar refractivity (Wildman–Crippen MR) is 45.5 cm³/mol. The van der Waals surface area contributed by atoms with Gasteiger partial charge in [-0.15, -0.1) is 5.73 Å². The topological polar surface area (TPSA) is 46.2 Å². The maximum atomic E-state index is 8.99. The first-order chi connectivity index (χ1) is 4.95. The summed E-state index contributed by atoms with van der Waals surface area (Å²) in [5, 5.41) is 8.99. The van der Waals surface area contributed by atoms with Gasteiger partial charge in [-0.3, -0.25) is 5.73 Å². The van der Waals surface area contributed by atoms with E-state index in [1.807, 2.05) is 6.92 Å². The Labute approximate surface area is 67.4 Å². The number of aliphatic hydroxyl groups is 1. The minimum absolute atomic E-state index is 0.762. The van der Waals surface area contributed by atoms with Crippen molar-refractivity contribution in [2.24, 2.45) is 5.73 Å². The second-order valence-corrected chi connectivity index (χ2v) is 2.46. The van der Waals surface area contributed by atoms with Gasteiger partial charge in [-0.1, -0.05) is 5.92 Å². The molecule has 0 radical (unpaired) electrons. The van der Waals surface area contributed by atoms with Crippen LogP contribution in [0, 0.1) is 11.8 Å². The SMILES string of the molecule is CC=C=C(C)C#CC(C)(N)O. The molecule has 0 heterocycles. The van der Waals surface area contributed by atoms with E-state index in [2.05, 4.69) is 17.6 Å². The quantitative estimate of drug-likeness (QED) is 0.305. The Morgan fingerprint density at radius 1 is 1.64 bits per heavy atom. The van der Waals surface area contributed by atoms with E-state index in [0.29, 0.717) is 0 Å². The lowest BCUT2D eigenvalue weighted by atomic mass is 10.2. The van der Waals surface area contributed by atoms with Gasteiger partial charge in [0, 0.05) is 5.57 Å². The summed E-state index contributed by atoms with van der Waals surface area (Å²) in [5.41, 5.74) is 7.44. The van der Waals surface area contributed by atoms with E-state index >= 15 is 0 Å². The molecule has 1 unspecified atom stereocenters. The molecule has 0 aromatic rings. The second kappa shape index (κ2) is 4.00. The lowest BCUT2D eigenvalue weighted by molar-refractivity contribution is 0.130. The zero-order valence-corrected chi connectivity index (χ0v) is 7.10. The van der Waals surface area contributed by atoms with Gasteiger partial charge in [-0.05, 0) is 32.8 Å². The predicted octanol–water partition coefficient (Wildman–Crippen LogP) is 0.778. The minimum atomic E-state index is -1.41. The van der Waals surface area contributed by atoms with Crippen molar-refractivity contribution in [1.82, 2.24) is 0 Å². The average molecular weight is 151 g/mol. The van der Waals surface area contributed by atoms with Gasteiger partial charge in [-0.2, -0.15) is 0 Å². The Morgan fingerprint density at radius 2 is 2.18 bits per heavy atom. The van der Waals surface area contributed by atoms with E-state index in [4.69, 9.17) is 10.8 Å². The molecule has 2 heteroatoms. The first kappa shape index (κ1) is 10.0. The number of nitrogens with two attached hydrogens (primary N) is 1. The molecule has 0 aliphatic rings. The van der Waals surface area contributed by atoms with E-state index in [1.54, 1.807) is 13.0 Å². The Hall–Kier alpha value is -1.00. The molecule has 0 rings (SSSR count). The molecule has 0 aliphatic heterocycles. The summed E-state index contributed by atoms with van der Waals surface area (Å²) in [4.78, 5) is 0. The fourth-order valence-electron chi connectivity index (χ4n) is 0.473. The maximum absolute atomic E-state index is 8.99. The second-order valence-electron chi connectivity index (χ2n) is 2.46. The average Bonchev–Trinajstić information content (AvgIpc) is 1.83. The molecule has 0 saturated heterocycles. The zero-order chi connectivity index (χ0) is 8.91. The third-order valence-electron chi connectivity index (χ3n) is 0.864. The highest BCUT2D eigenvalue weighted by Crippen LogP contribution is 1.90. The van der Waals surface area contributed by atoms with Crippen molar-refractivity contribution in [3.05, 3.63) is 17.4 Å². The third-order valence-corrected chi connectivity index (χ3v) is 0.864. The van der Waals surface area contributed by atoms with Crippen molar-refractivity contribution in [2.75, 3.05) is 0 Å². The van der Waals surface area contributed by atoms with Crippen LogP contribution in [-0.2, 0) is 0 Å². The van der Waals surface area contributed by atoms with Gasteiger partial charge in [0.15, 0.2) is 5.72 Å². The van der Waals surface area contributed by atoms with Crippen LogP contribution in [0.4, 0.5) is 0 Å². The van der Waals surface area contributed by atoms with Crippen LogP contribution in [0.3, 0.4) is 0 Å². The van der Waals surface area contributed by atoms with Gasteiger partial charge in [0.05, 0.1) is 0 Å². The van der Waals surface area contributed by atoms with Crippen molar-refractivity contribution >= 4 is 0 Å². The van der Waals surface area contributed by atoms with Gasteiger partial charge in [0.25, 0.3) is 0 Å². The molecule has 0 aromatic heterocycles. The summed E-state index contributed by atoms with van der Waals surface area (Å²) in [6, 6.07) is 0. The first-order valence-corrected chi connectivity index (χ1v) is 3.38. The van der Waals surface area contributed by atoms with E-state index in [0.717, 1.165) is 5.57 Å². The molecule has 0 aliphatic carbocycles. The van der Waals surface area contributed by atoms with Crippen LogP contribution in [0.5, 0.6) is 0 Å². The Kier molecular flexibility index (Phi) is 3.64. The number of hydrogen-bond acceptors (Lipinski definition) is 2. The van der Waals surface area contributed by atoms with E-state index in [9.17, 15) is 0 Å². The van der Waals surface area contributed by atoms with Gasteiger partial charge in [0.1, 0.15) is 0 Å². The summed E-state index contributed by atoms with van der Waals surface area (Å²) >= 11 is 0. The van der Waals surface area contributed by atoms with Gasteiger partial charge in [-0.25, -0.2) is 0 Å². The van der Waals surface area contributed by atoms with Crippen molar-refractivity contribution in [2.45, 2.75) is 26.5 Å². The van der Waals surface area contributed by atoms with Crippen LogP contribution >= 0.6 is 0 Å². The van der Waals surface area contributed by atoms with Crippen LogP contribution in [0.2, 0.25) is 0 Å². The molecular weight excluding hydrogens is 138 g/mol. The standard InChI is InChI=1S/C9H13NO/c1-4-5-8(2)6-7-9(3,10)11/h4,11H,10H2,1-3H3. The van der Waals surface area contributed by atoms with Crippen molar-refractivity contribution in [1.29, 1.82) is 0 Å². The van der Waals surface area contributed by atoms with Gasteiger partial charge >= 0.3 is 0 Å². The summed E-state index contributed by atoms with van der Waals surface area (Å²) in [6.45, 7) is 5.09. The molecule has 0 aromatic carbocycles. The number of rotatable bonds is 0. The lowest BCUT2D eigenvalue weighted by Crippen LogP contribution is -2.33. The summed E-state index contributed by atoms with van der Waals surface area (Å²) in [6.07, 6.45) is 1.76. The molecule has 11 heavy (non-hydrogen) atoms. The highest BCUT2D eigenvalue weighted by molar-refractivity contribution is 5.28. The molecule has 1 atom stereocenters. The van der Waals surface area contributed by atoms with Crippen LogP contribution in [0.1, 0.15) is 20.8 Å². The summed E-state index contributed by atoms with van der Waals surface area (Å²) in [5.74, 6) is 5.14. The van der Waals surface area contributed by atoms with Crippen LogP contribution in [0.25, 0.3) is 0 Å².